The molecule has 1 heterocycles. The highest BCUT2D eigenvalue weighted by molar-refractivity contribution is 6.40. The zero-order valence-corrected chi connectivity index (χ0v) is 22.7. The van der Waals surface area contributed by atoms with E-state index in [2.05, 4.69) is 0 Å². The average molecular weight is 569 g/mol. The van der Waals surface area contributed by atoms with Crippen LogP contribution in [0.4, 0.5) is 0 Å². The number of para-hydroxylation sites is 4. The molecule has 1 aliphatic heterocycles. The summed E-state index contributed by atoms with van der Waals surface area (Å²) in [5.74, 6) is 1.71. The molecule has 0 spiro atoms. The molecule has 0 saturated carbocycles. The second-order valence-electron chi connectivity index (χ2n) is 8.69. The number of nitrogens with zero attached hydrogens (tertiary/aromatic N) is 2. The molecule has 214 valence electrons. The first-order valence-corrected chi connectivity index (χ1v) is 13.2. The van der Waals surface area contributed by atoms with Crippen LogP contribution in [0.3, 0.4) is 0 Å². The summed E-state index contributed by atoms with van der Waals surface area (Å²) in [6.45, 7) is 3.65. The molecule has 10 nitrogen and oxygen atoms in total. The van der Waals surface area contributed by atoms with Crippen LogP contribution in [0, 0.1) is 22.7 Å². The molecule has 0 bridgehead atoms. The molecule has 42 heavy (non-hydrogen) atoms. The van der Waals surface area contributed by atoms with Crippen molar-refractivity contribution in [2.75, 3.05) is 52.9 Å². The lowest BCUT2D eigenvalue weighted by atomic mass is 10.1. The van der Waals surface area contributed by atoms with Gasteiger partial charge in [0.15, 0.2) is 34.6 Å². The molecule has 3 aromatic carbocycles. The molecule has 2 aliphatic rings. The van der Waals surface area contributed by atoms with Crippen molar-refractivity contribution in [1.29, 1.82) is 10.5 Å². The number of ether oxygens (including phenoxy) is 6. The maximum atomic E-state index is 11.8. The van der Waals surface area contributed by atoms with Crippen molar-refractivity contribution in [1.82, 2.24) is 0 Å². The van der Waals surface area contributed by atoms with Gasteiger partial charge in [-0.05, 0) is 24.3 Å². The highest BCUT2D eigenvalue weighted by Crippen LogP contribution is 2.29. The van der Waals surface area contributed by atoms with Crippen molar-refractivity contribution in [3.8, 4) is 35.1 Å². The number of benzene rings is 3. The minimum absolute atomic E-state index is 0.255. The molecule has 0 N–H and O–H groups in total. The van der Waals surface area contributed by atoms with Gasteiger partial charge in [-0.15, -0.1) is 0 Å². The van der Waals surface area contributed by atoms with Gasteiger partial charge in [-0.1, -0.05) is 48.5 Å². The summed E-state index contributed by atoms with van der Waals surface area (Å²) in [6.07, 6.45) is 0. The molecular weight excluding hydrogens is 540 g/mol. The molecule has 0 radical (unpaired) electrons. The minimum atomic E-state index is -0.543. The van der Waals surface area contributed by atoms with E-state index < -0.39 is 17.1 Å². The molecule has 0 unspecified atom stereocenters. The molecule has 0 fully saturated rings. The van der Waals surface area contributed by atoms with E-state index in [-0.39, 0.29) is 16.7 Å². The smallest absolute Gasteiger partial charge is 0.199 e. The summed E-state index contributed by atoms with van der Waals surface area (Å²) in [7, 11) is 0. The quantitative estimate of drug-likeness (QED) is 0.218. The third-order valence-electron chi connectivity index (χ3n) is 5.98. The van der Waals surface area contributed by atoms with Crippen LogP contribution in [0.2, 0.25) is 0 Å². The van der Waals surface area contributed by atoms with E-state index in [1.807, 2.05) is 48.5 Å². The maximum absolute atomic E-state index is 11.8. The fraction of sp³-hybridized carbons (Fsp3) is 0.250. The van der Waals surface area contributed by atoms with E-state index >= 15 is 0 Å². The van der Waals surface area contributed by atoms with Crippen molar-refractivity contribution < 1.29 is 38.0 Å². The Bertz CT molecular complexity index is 1350. The predicted octanol–water partition coefficient (Wildman–Crippen LogP) is 4.36. The van der Waals surface area contributed by atoms with Crippen LogP contribution in [-0.4, -0.2) is 64.4 Å². The summed E-state index contributed by atoms with van der Waals surface area (Å²) >= 11 is 0. The molecule has 1 aliphatic carbocycles. The molecule has 0 saturated heterocycles. The normalized spacial score (nSPS) is 15.4. The van der Waals surface area contributed by atoms with Gasteiger partial charge < -0.3 is 28.4 Å². The monoisotopic (exact) mass is 568 g/mol. The number of fused-ring (bicyclic) bond motifs is 3. The van der Waals surface area contributed by atoms with Crippen molar-refractivity contribution in [3.63, 3.8) is 0 Å². The van der Waals surface area contributed by atoms with Gasteiger partial charge >= 0.3 is 0 Å². The third-order valence-corrected chi connectivity index (χ3v) is 5.98. The summed E-state index contributed by atoms with van der Waals surface area (Å²) in [5, 5.41) is 17.3. The highest BCUT2D eigenvalue weighted by Gasteiger charge is 2.35. The Morgan fingerprint density at radius 2 is 0.810 bits per heavy atom. The van der Waals surface area contributed by atoms with Crippen molar-refractivity contribution in [2.24, 2.45) is 0 Å². The lowest BCUT2D eigenvalue weighted by Gasteiger charge is -2.15. The van der Waals surface area contributed by atoms with E-state index in [9.17, 15) is 9.59 Å². The summed E-state index contributed by atoms with van der Waals surface area (Å²) in [6, 6.07) is 24.6. The number of carbonyl (C=O) groups is 2. The average Bonchev–Trinajstić information content (AvgIpc) is 3.27. The lowest BCUT2D eigenvalue weighted by molar-refractivity contribution is 0.0640. The second-order valence-corrected chi connectivity index (χ2v) is 8.69. The Labute approximate surface area is 243 Å². The van der Waals surface area contributed by atoms with Gasteiger partial charge in [0.05, 0.1) is 32.0 Å². The van der Waals surface area contributed by atoms with Gasteiger partial charge in [-0.25, -0.2) is 0 Å². The van der Waals surface area contributed by atoms with E-state index in [4.69, 9.17) is 38.9 Å². The van der Waals surface area contributed by atoms with Gasteiger partial charge in [0, 0.05) is 11.1 Å². The van der Waals surface area contributed by atoms with Crippen LogP contribution in [0.5, 0.6) is 23.0 Å². The summed E-state index contributed by atoms with van der Waals surface area (Å²) < 4.78 is 34.1. The van der Waals surface area contributed by atoms with Gasteiger partial charge in [0.2, 0.25) is 0 Å². The zero-order valence-electron chi connectivity index (χ0n) is 22.7. The van der Waals surface area contributed by atoms with Crippen molar-refractivity contribution in [3.05, 3.63) is 95.1 Å². The molecule has 0 atom stereocenters. The highest BCUT2D eigenvalue weighted by atomic mass is 16.6. The molecule has 0 aromatic heterocycles. The zero-order chi connectivity index (χ0) is 29.6. The van der Waals surface area contributed by atoms with Crippen LogP contribution >= 0.6 is 0 Å². The Balaban J connectivity index is 0.000000216. The minimum Gasteiger partial charge on any atom is -0.487 e. The first kappa shape index (κ1) is 29.8. The van der Waals surface area contributed by atoms with Crippen LogP contribution in [0.1, 0.15) is 20.7 Å². The number of allylic oxidation sites excluding steroid dienone is 2. The Hall–Kier alpha value is -5.16. The standard InChI is InChI=1S/C20H24O6.C12H4N2O2/c1-2-6-18-17(5-1)23-13-9-21-11-15-25-19-7-3-4-8-20(19)26-16-12-22-10-14-24-18;13-5-7(6-14)10-11(15)8-3-1-2-4-9(8)12(10)16/h1-8H,9-16H2;1-4H. The topological polar surface area (TPSA) is 137 Å². The number of ketones is 2. The summed E-state index contributed by atoms with van der Waals surface area (Å²) in [4.78, 5) is 23.6. The fourth-order valence-corrected chi connectivity index (χ4v) is 4.04. The first-order chi connectivity index (χ1) is 20.6. The number of hydrogen-bond acceptors (Lipinski definition) is 10. The number of carbonyl (C=O) groups excluding carboxylic acids is 2. The van der Waals surface area contributed by atoms with Gasteiger partial charge in [-0.3, -0.25) is 9.59 Å². The number of rotatable bonds is 0. The predicted molar refractivity (Wildman–Crippen MR) is 150 cm³/mol. The first-order valence-electron chi connectivity index (χ1n) is 13.2. The molecule has 3 aromatic rings. The SMILES string of the molecule is N#CC(C#N)=C1C(=O)c2ccccc2C1=O.c1ccc2c(c1)OCCOCCOc1ccccc1OCCOCCO2. The van der Waals surface area contributed by atoms with Crippen molar-refractivity contribution >= 4 is 11.6 Å². The Morgan fingerprint density at radius 1 is 0.500 bits per heavy atom. The fourth-order valence-electron chi connectivity index (χ4n) is 4.04. The molecular formula is C32H28N2O8. The van der Waals surface area contributed by atoms with E-state index in [0.717, 1.165) is 0 Å². The van der Waals surface area contributed by atoms with Crippen LogP contribution in [-0.2, 0) is 9.47 Å². The number of hydrogen-bond donors (Lipinski definition) is 0. The Kier molecular flexibility index (Phi) is 11.1. The third kappa shape index (κ3) is 7.73. The molecule has 5 rings (SSSR count). The maximum Gasteiger partial charge on any atom is 0.199 e. The lowest BCUT2D eigenvalue weighted by Crippen LogP contribution is -2.15. The van der Waals surface area contributed by atoms with E-state index in [0.29, 0.717) is 75.9 Å². The second kappa shape index (κ2) is 15.6. The van der Waals surface area contributed by atoms with E-state index in [1.54, 1.807) is 24.3 Å². The largest absolute Gasteiger partial charge is 0.487 e. The van der Waals surface area contributed by atoms with Crippen LogP contribution < -0.4 is 18.9 Å². The van der Waals surface area contributed by atoms with E-state index in [1.165, 1.54) is 12.1 Å². The summed E-state index contributed by atoms with van der Waals surface area (Å²) in [5.41, 5.74) is -0.228. The number of Topliss-reactive ketones (excluding diaryl/α,β-unsaturated/α-hetero) is 2. The van der Waals surface area contributed by atoms with Crippen LogP contribution in [0.15, 0.2) is 83.9 Å². The van der Waals surface area contributed by atoms with Gasteiger partial charge in [-0.2, -0.15) is 10.5 Å². The molecule has 0 amide bonds. The van der Waals surface area contributed by atoms with Gasteiger partial charge in [0.1, 0.15) is 44.1 Å². The number of nitriles is 2. The van der Waals surface area contributed by atoms with Gasteiger partial charge in [0.25, 0.3) is 0 Å². The van der Waals surface area contributed by atoms with Crippen LogP contribution in [0.25, 0.3) is 0 Å². The Morgan fingerprint density at radius 3 is 1.12 bits per heavy atom. The molecule has 10 heteroatoms. The van der Waals surface area contributed by atoms with Crippen molar-refractivity contribution in [2.45, 2.75) is 0 Å².